The van der Waals surface area contributed by atoms with E-state index < -0.39 is 6.29 Å². The fourth-order valence-corrected chi connectivity index (χ4v) is 2.36. The Hall–Kier alpha value is -1.85. The Morgan fingerprint density at radius 3 is 2.80 bits per heavy atom. The number of amides is 1. The summed E-state index contributed by atoms with van der Waals surface area (Å²) in [4.78, 5) is 11.9. The highest BCUT2D eigenvalue weighted by Crippen LogP contribution is 2.42. The van der Waals surface area contributed by atoms with E-state index in [-0.39, 0.29) is 17.4 Å². The topological polar surface area (TPSA) is 47.6 Å². The zero-order chi connectivity index (χ0) is 14.3. The number of fused-ring (bicyclic) bond motifs is 1. The van der Waals surface area contributed by atoms with E-state index in [1.54, 1.807) is 0 Å². The lowest BCUT2D eigenvalue weighted by Gasteiger charge is -2.10. The maximum atomic E-state index is 12.9. The summed E-state index contributed by atoms with van der Waals surface area (Å²) in [6.45, 7) is 2.05. The molecule has 0 spiro atoms. The first-order chi connectivity index (χ1) is 9.43. The minimum atomic E-state index is -3.63. The maximum Gasteiger partial charge on any atom is 0.586 e. The number of hydrogen-bond donors (Lipinski definition) is 1. The zero-order valence-corrected chi connectivity index (χ0v) is 11.0. The second-order valence-electron chi connectivity index (χ2n) is 5.40. The summed E-state index contributed by atoms with van der Waals surface area (Å²) in [7, 11) is 0. The molecule has 1 aromatic rings. The molecule has 0 unspecified atom stereocenters. The van der Waals surface area contributed by atoms with E-state index in [4.69, 9.17) is 0 Å². The van der Waals surface area contributed by atoms with E-state index in [0.29, 0.717) is 23.9 Å². The summed E-state index contributed by atoms with van der Waals surface area (Å²) in [5, 5.41) is 2.69. The first-order valence-corrected chi connectivity index (χ1v) is 6.63. The quantitative estimate of drug-likeness (QED) is 0.921. The van der Waals surface area contributed by atoms with Gasteiger partial charge in [0.25, 0.3) is 0 Å². The molecule has 3 rings (SSSR count). The van der Waals surface area contributed by atoms with Gasteiger partial charge < -0.3 is 14.8 Å². The molecule has 1 aliphatic carbocycles. The van der Waals surface area contributed by atoms with Crippen molar-refractivity contribution in [3.8, 4) is 11.5 Å². The molecule has 1 N–H and O–H groups in total. The van der Waals surface area contributed by atoms with Crippen molar-refractivity contribution in [3.63, 3.8) is 0 Å². The number of nitrogens with one attached hydrogen (secondary N) is 1. The molecule has 1 fully saturated rings. The van der Waals surface area contributed by atoms with Gasteiger partial charge in [-0.3, -0.25) is 4.79 Å². The molecule has 4 nitrogen and oxygen atoms in total. The second kappa shape index (κ2) is 4.61. The van der Waals surface area contributed by atoms with E-state index in [1.807, 2.05) is 0 Å². The number of rotatable bonds is 4. The summed E-state index contributed by atoms with van der Waals surface area (Å²) in [5.41, 5.74) is 0.429. The summed E-state index contributed by atoms with van der Waals surface area (Å²) >= 11 is 0. The van der Waals surface area contributed by atoms with Gasteiger partial charge in [0, 0.05) is 18.2 Å². The van der Waals surface area contributed by atoms with Gasteiger partial charge in [0.15, 0.2) is 11.5 Å². The van der Waals surface area contributed by atoms with Crippen LogP contribution in [0, 0.1) is 11.8 Å². The van der Waals surface area contributed by atoms with Gasteiger partial charge in [-0.1, -0.05) is 6.92 Å². The van der Waals surface area contributed by atoms with Gasteiger partial charge >= 0.3 is 6.29 Å². The average Bonchev–Trinajstić information content (AvgIpc) is 3.11. The monoisotopic (exact) mass is 283 g/mol. The molecule has 0 saturated heterocycles. The Bertz CT molecular complexity index is 543. The number of benzene rings is 1. The number of halogens is 2. The van der Waals surface area contributed by atoms with Crippen LogP contribution in [0.15, 0.2) is 18.2 Å². The lowest BCUT2D eigenvalue weighted by molar-refractivity contribution is -0.286. The van der Waals surface area contributed by atoms with E-state index in [2.05, 4.69) is 21.7 Å². The predicted molar refractivity (Wildman–Crippen MR) is 67.8 cm³/mol. The second-order valence-corrected chi connectivity index (χ2v) is 5.40. The smallest absolute Gasteiger partial charge is 0.395 e. The van der Waals surface area contributed by atoms with Crippen molar-refractivity contribution in [3.05, 3.63) is 18.2 Å². The van der Waals surface area contributed by atoms with Gasteiger partial charge in [-0.25, -0.2) is 0 Å². The van der Waals surface area contributed by atoms with Gasteiger partial charge in [-0.2, -0.15) is 0 Å². The van der Waals surface area contributed by atoms with Crippen LogP contribution < -0.4 is 14.8 Å². The van der Waals surface area contributed by atoms with Crippen LogP contribution in [-0.4, -0.2) is 12.2 Å². The Balaban J connectivity index is 1.62. The largest absolute Gasteiger partial charge is 0.586 e. The fraction of sp³-hybridized carbons (Fsp3) is 0.500. The Labute approximate surface area is 115 Å². The molecule has 2 aliphatic rings. The molecule has 1 aromatic carbocycles. The summed E-state index contributed by atoms with van der Waals surface area (Å²) < 4.78 is 34.4. The van der Waals surface area contributed by atoms with Gasteiger partial charge in [-0.05, 0) is 36.8 Å². The maximum absolute atomic E-state index is 12.9. The highest BCUT2D eigenvalue weighted by atomic mass is 19.3. The van der Waals surface area contributed by atoms with Crippen molar-refractivity contribution in [1.82, 2.24) is 0 Å². The third-order valence-electron chi connectivity index (χ3n) is 3.62. The molecule has 1 heterocycles. The number of alkyl halides is 2. The van der Waals surface area contributed by atoms with Crippen LogP contribution in [0.2, 0.25) is 0 Å². The van der Waals surface area contributed by atoms with Crippen LogP contribution in [0.4, 0.5) is 14.5 Å². The molecule has 0 bridgehead atoms. The first-order valence-electron chi connectivity index (χ1n) is 6.63. The summed E-state index contributed by atoms with van der Waals surface area (Å²) in [6, 6.07) is 4.22. The molecular formula is C14H15F2NO3. The molecule has 1 atom stereocenters. The molecular weight excluding hydrogens is 268 g/mol. The zero-order valence-electron chi connectivity index (χ0n) is 11.0. The molecule has 1 aliphatic heterocycles. The van der Waals surface area contributed by atoms with Crippen LogP contribution in [0.3, 0.4) is 0 Å². The standard InChI is InChI=1S/C14H15F2NO3/c1-8(9-2-3-9)6-13(18)17-10-4-5-11-12(7-10)20-14(15,16)19-11/h4-5,7-9H,2-3,6H2,1H3,(H,17,18)/t8-/m1/s1. The van der Waals surface area contributed by atoms with E-state index in [0.717, 1.165) is 0 Å². The van der Waals surface area contributed by atoms with Crippen LogP contribution in [0.5, 0.6) is 11.5 Å². The third-order valence-corrected chi connectivity index (χ3v) is 3.62. The Morgan fingerprint density at radius 2 is 2.10 bits per heavy atom. The minimum Gasteiger partial charge on any atom is -0.395 e. The number of hydrogen-bond acceptors (Lipinski definition) is 3. The lowest BCUT2D eigenvalue weighted by Crippen LogP contribution is -2.25. The van der Waals surface area contributed by atoms with Gasteiger partial charge in [-0.15, -0.1) is 8.78 Å². The number of carbonyl (C=O) groups excluding carboxylic acids is 1. The van der Waals surface area contributed by atoms with E-state index in [9.17, 15) is 13.6 Å². The summed E-state index contributed by atoms with van der Waals surface area (Å²) in [6.07, 6.45) is -0.818. The van der Waals surface area contributed by atoms with Gasteiger partial charge in [0.05, 0.1) is 0 Å². The van der Waals surface area contributed by atoms with Crippen molar-refractivity contribution in [2.75, 3.05) is 5.32 Å². The fourth-order valence-electron chi connectivity index (χ4n) is 2.36. The van der Waals surface area contributed by atoms with Crippen molar-refractivity contribution in [2.45, 2.75) is 32.5 Å². The van der Waals surface area contributed by atoms with Crippen molar-refractivity contribution < 1.29 is 23.0 Å². The van der Waals surface area contributed by atoms with Crippen molar-refractivity contribution >= 4 is 11.6 Å². The van der Waals surface area contributed by atoms with Crippen LogP contribution in [0.25, 0.3) is 0 Å². The van der Waals surface area contributed by atoms with E-state index >= 15 is 0 Å². The predicted octanol–water partition coefficient (Wildman–Crippen LogP) is 3.38. The van der Waals surface area contributed by atoms with Crippen molar-refractivity contribution in [2.24, 2.45) is 11.8 Å². The Kier molecular flexibility index (Phi) is 3.03. The van der Waals surface area contributed by atoms with Crippen LogP contribution in [-0.2, 0) is 4.79 Å². The number of ether oxygens (including phenoxy) is 2. The molecule has 0 radical (unpaired) electrons. The minimum absolute atomic E-state index is 0.0284. The highest BCUT2D eigenvalue weighted by Gasteiger charge is 2.43. The number of carbonyl (C=O) groups is 1. The molecule has 6 heteroatoms. The lowest BCUT2D eigenvalue weighted by atomic mass is 10.0. The van der Waals surface area contributed by atoms with Gasteiger partial charge in [0.2, 0.25) is 5.91 Å². The Morgan fingerprint density at radius 1 is 1.40 bits per heavy atom. The first kappa shape index (κ1) is 13.1. The van der Waals surface area contributed by atoms with Crippen LogP contribution in [0.1, 0.15) is 26.2 Å². The average molecular weight is 283 g/mol. The molecule has 20 heavy (non-hydrogen) atoms. The molecule has 0 aromatic heterocycles. The molecule has 1 amide bonds. The third kappa shape index (κ3) is 2.84. The highest BCUT2D eigenvalue weighted by molar-refractivity contribution is 5.91. The number of anilines is 1. The molecule has 1 saturated carbocycles. The SMILES string of the molecule is C[C@H](CC(=O)Nc1ccc2c(c1)OC(F)(F)O2)C1CC1. The van der Waals surface area contributed by atoms with Gasteiger partial charge in [0.1, 0.15) is 0 Å². The normalized spacial score (nSPS) is 20.6. The van der Waals surface area contributed by atoms with E-state index in [1.165, 1.54) is 31.0 Å². The summed E-state index contributed by atoms with van der Waals surface area (Å²) in [5.74, 6) is 0.793. The van der Waals surface area contributed by atoms with Crippen LogP contribution >= 0.6 is 0 Å². The van der Waals surface area contributed by atoms with Crippen molar-refractivity contribution in [1.29, 1.82) is 0 Å². The molecule has 108 valence electrons.